The highest BCUT2D eigenvalue weighted by atomic mass is 32.1. The van der Waals surface area contributed by atoms with Crippen molar-refractivity contribution in [2.24, 2.45) is 11.8 Å². The molecule has 0 aromatic carbocycles. The van der Waals surface area contributed by atoms with Crippen LogP contribution in [0.25, 0.3) is 0 Å². The molecule has 0 spiro atoms. The van der Waals surface area contributed by atoms with Gasteiger partial charge in [0.05, 0.1) is 31.1 Å². The number of rotatable bonds is 7. The molecule has 3 amide bonds. The van der Waals surface area contributed by atoms with Gasteiger partial charge in [0, 0.05) is 13.0 Å². The summed E-state index contributed by atoms with van der Waals surface area (Å²) in [5.41, 5.74) is 0.447. The normalized spacial score (nSPS) is 20.4. The molecular formula is C21H26N2O7S. The molecule has 1 aliphatic heterocycles. The van der Waals surface area contributed by atoms with Crippen molar-refractivity contribution in [2.75, 3.05) is 25.6 Å². The van der Waals surface area contributed by atoms with Crippen molar-refractivity contribution < 1.29 is 33.4 Å². The van der Waals surface area contributed by atoms with E-state index in [0.29, 0.717) is 18.4 Å². The number of thiophene rings is 1. The van der Waals surface area contributed by atoms with Crippen molar-refractivity contribution >= 4 is 46.0 Å². The Morgan fingerprint density at radius 3 is 2.26 bits per heavy atom. The smallest absolute Gasteiger partial charge is 0.348 e. The number of methoxy groups -OCH3 is 1. The van der Waals surface area contributed by atoms with Crippen molar-refractivity contribution in [1.29, 1.82) is 0 Å². The van der Waals surface area contributed by atoms with Gasteiger partial charge in [-0.2, -0.15) is 0 Å². The van der Waals surface area contributed by atoms with E-state index >= 15 is 0 Å². The lowest BCUT2D eigenvalue weighted by atomic mass is 9.81. The van der Waals surface area contributed by atoms with Crippen molar-refractivity contribution in [3.8, 4) is 0 Å². The van der Waals surface area contributed by atoms with Crippen molar-refractivity contribution in [3.63, 3.8) is 0 Å². The summed E-state index contributed by atoms with van der Waals surface area (Å²) in [6, 6.07) is 0. The highest BCUT2D eigenvalue weighted by molar-refractivity contribution is 7.18. The molecule has 168 valence electrons. The van der Waals surface area contributed by atoms with Crippen LogP contribution < -0.4 is 5.32 Å². The average molecular weight is 451 g/mol. The van der Waals surface area contributed by atoms with Crippen LogP contribution >= 0.6 is 11.3 Å². The number of anilines is 1. The standard InChI is InChI=1S/C21H26N2O7S/c1-4-30-21(28)16-11(2)15(20(27)29-3)17(31-16)22-14(24)9-10-23-18(25)12-7-5-6-8-13(12)19(23)26/h12-13H,4-10H2,1-3H3,(H,22,24)/t12-,13+. The number of nitrogens with zero attached hydrogens (tertiary/aromatic N) is 1. The zero-order valence-electron chi connectivity index (χ0n) is 17.8. The molecule has 1 saturated carbocycles. The molecule has 1 aromatic rings. The second kappa shape index (κ2) is 9.59. The predicted molar refractivity (Wildman–Crippen MR) is 112 cm³/mol. The molecule has 1 aliphatic carbocycles. The van der Waals surface area contributed by atoms with Crippen LogP contribution in [0.2, 0.25) is 0 Å². The van der Waals surface area contributed by atoms with E-state index in [1.165, 1.54) is 12.0 Å². The minimum atomic E-state index is -0.687. The van der Waals surface area contributed by atoms with E-state index in [0.717, 1.165) is 24.2 Å². The Morgan fingerprint density at radius 1 is 1.10 bits per heavy atom. The van der Waals surface area contributed by atoms with Crippen LogP contribution in [0.1, 0.15) is 64.6 Å². The highest BCUT2D eigenvalue weighted by Gasteiger charge is 2.47. The fraction of sp³-hybridized carbons (Fsp3) is 0.571. The molecule has 1 aromatic heterocycles. The number of amides is 3. The first-order chi connectivity index (χ1) is 14.8. The summed E-state index contributed by atoms with van der Waals surface area (Å²) in [5, 5.41) is 2.79. The minimum Gasteiger partial charge on any atom is -0.465 e. The van der Waals surface area contributed by atoms with E-state index < -0.39 is 17.8 Å². The third-order valence-electron chi connectivity index (χ3n) is 5.74. The van der Waals surface area contributed by atoms with Crippen LogP contribution in [0.15, 0.2) is 0 Å². The summed E-state index contributed by atoms with van der Waals surface area (Å²) in [7, 11) is 1.21. The number of carbonyl (C=O) groups is 5. The second-order valence-corrected chi connectivity index (χ2v) is 8.62. The van der Waals surface area contributed by atoms with Crippen LogP contribution in [-0.4, -0.2) is 54.8 Å². The number of likely N-dealkylation sites (tertiary alicyclic amines) is 1. The van der Waals surface area contributed by atoms with Gasteiger partial charge in [-0.15, -0.1) is 11.3 Å². The summed E-state index contributed by atoms with van der Waals surface area (Å²) in [4.78, 5) is 63.4. The zero-order valence-corrected chi connectivity index (χ0v) is 18.6. The van der Waals surface area contributed by atoms with Gasteiger partial charge in [0.2, 0.25) is 17.7 Å². The number of imide groups is 1. The molecule has 2 heterocycles. The second-order valence-electron chi connectivity index (χ2n) is 7.60. The van der Waals surface area contributed by atoms with Crippen LogP contribution in [0, 0.1) is 18.8 Å². The van der Waals surface area contributed by atoms with Gasteiger partial charge in [0.25, 0.3) is 0 Å². The molecule has 9 nitrogen and oxygen atoms in total. The van der Waals surface area contributed by atoms with Gasteiger partial charge >= 0.3 is 11.9 Å². The van der Waals surface area contributed by atoms with E-state index in [2.05, 4.69) is 5.32 Å². The van der Waals surface area contributed by atoms with Gasteiger partial charge in [-0.25, -0.2) is 9.59 Å². The molecule has 3 rings (SSSR count). The van der Waals surface area contributed by atoms with Gasteiger partial charge in [-0.1, -0.05) is 12.8 Å². The SMILES string of the molecule is CCOC(=O)c1sc(NC(=O)CCN2C(=O)[C@H]3CCCC[C@H]3C2=O)c(C(=O)OC)c1C. The molecular weight excluding hydrogens is 424 g/mol. The third kappa shape index (κ3) is 4.48. The highest BCUT2D eigenvalue weighted by Crippen LogP contribution is 2.38. The van der Waals surface area contributed by atoms with E-state index in [1.807, 2.05) is 0 Å². The molecule has 0 unspecified atom stereocenters. The van der Waals surface area contributed by atoms with Gasteiger partial charge in [-0.05, 0) is 32.3 Å². The zero-order chi connectivity index (χ0) is 22.7. The molecule has 2 fully saturated rings. The van der Waals surface area contributed by atoms with Crippen LogP contribution in [0.4, 0.5) is 5.00 Å². The first-order valence-electron chi connectivity index (χ1n) is 10.3. The third-order valence-corrected chi connectivity index (χ3v) is 6.93. The Morgan fingerprint density at radius 2 is 1.71 bits per heavy atom. The fourth-order valence-corrected chi connectivity index (χ4v) is 5.30. The quantitative estimate of drug-likeness (QED) is 0.501. The summed E-state index contributed by atoms with van der Waals surface area (Å²) in [6.07, 6.45) is 3.19. The molecule has 1 saturated heterocycles. The van der Waals surface area contributed by atoms with Crippen molar-refractivity contribution in [3.05, 3.63) is 16.0 Å². The predicted octanol–water partition coefficient (Wildman–Crippen LogP) is 2.52. The van der Waals surface area contributed by atoms with E-state index in [-0.39, 0.29) is 58.7 Å². The molecule has 2 atom stereocenters. The topological polar surface area (TPSA) is 119 Å². The Labute approximate surface area is 184 Å². The first kappa shape index (κ1) is 22.9. The number of carbonyl (C=O) groups excluding carboxylic acids is 5. The summed E-state index contributed by atoms with van der Waals surface area (Å²) in [6.45, 7) is 3.40. The number of esters is 2. The average Bonchev–Trinajstić information content (AvgIpc) is 3.20. The number of ether oxygens (including phenoxy) is 2. The molecule has 0 radical (unpaired) electrons. The van der Waals surface area contributed by atoms with Gasteiger partial charge in [-0.3, -0.25) is 19.3 Å². The maximum atomic E-state index is 12.6. The maximum Gasteiger partial charge on any atom is 0.348 e. The molecule has 0 bridgehead atoms. The lowest BCUT2D eigenvalue weighted by molar-refractivity contribution is -0.140. The van der Waals surface area contributed by atoms with Crippen LogP contribution in [0.5, 0.6) is 0 Å². The lowest BCUT2D eigenvalue weighted by Crippen LogP contribution is -2.34. The van der Waals surface area contributed by atoms with Crippen molar-refractivity contribution in [2.45, 2.75) is 46.0 Å². The monoisotopic (exact) mass is 450 g/mol. The largest absolute Gasteiger partial charge is 0.465 e. The number of nitrogens with one attached hydrogen (secondary N) is 1. The first-order valence-corrected chi connectivity index (χ1v) is 11.2. The summed E-state index contributed by atoms with van der Waals surface area (Å²) < 4.78 is 9.79. The molecule has 10 heteroatoms. The van der Waals surface area contributed by atoms with Crippen molar-refractivity contribution in [1.82, 2.24) is 4.90 Å². The lowest BCUT2D eigenvalue weighted by Gasteiger charge is -2.19. The summed E-state index contributed by atoms with van der Waals surface area (Å²) in [5.74, 6) is -2.68. The summed E-state index contributed by atoms with van der Waals surface area (Å²) >= 11 is 0.927. The van der Waals surface area contributed by atoms with E-state index in [1.54, 1.807) is 13.8 Å². The maximum absolute atomic E-state index is 12.6. The minimum absolute atomic E-state index is 0.0147. The fourth-order valence-electron chi connectivity index (χ4n) is 4.19. The molecule has 2 aliphatic rings. The Hall–Kier alpha value is -2.75. The molecule has 31 heavy (non-hydrogen) atoms. The number of fused-ring (bicyclic) bond motifs is 1. The van der Waals surface area contributed by atoms with Crippen LogP contribution in [-0.2, 0) is 23.9 Å². The van der Waals surface area contributed by atoms with Gasteiger partial charge in [0.15, 0.2) is 0 Å². The Bertz CT molecular complexity index is 899. The Kier molecular flexibility index (Phi) is 7.09. The van der Waals surface area contributed by atoms with Gasteiger partial charge < -0.3 is 14.8 Å². The van der Waals surface area contributed by atoms with E-state index in [9.17, 15) is 24.0 Å². The molecule has 1 N–H and O–H groups in total. The van der Waals surface area contributed by atoms with E-state index in [4.69, 9.17) is 9.47 Å². The Balaban J connectivity index is 1.70. The van der Waals surface area contributed by atoms with Crippen LogP contribution in [0.3, 0.4) is 0 Å². The number of hydrogen-bond donors (Lipinski definition) is 1. The van der Waals surface area contributed by atoms with Gasteiger partial charge in [0.1, 0.15) is 9.88 Å². The number of hydrogen-bond acceptors (Lipinski definition) is 8.